The molecule has 0 atom stereocenters. The van der Waals surface area contributed by atoms with E-state index in [0.717, 1.165) is 17.3 Å². The third-order valence-corrected chi connectivity index (χ3v) is 6.41. The highest BCUT2D eigenvalue weighted by Crippen LogP contribution is 2.34. The number of fused-ring (bicyclic) bond motifs is 1. The number of imidazole rings is 1. The third kappa shape index (κ3) is 5.72. The van der Waals surface area contributed by atoms with E-state index in [1.54, 1.807) is 24.4 Å². The van der Waals surface area contributed by atoms with Gasteiger partial charge in [0.15, 0.2) is 0 Å². The van der Waals surface area contributed by atoms with Crippen LogP contribution in [0.25, 0.3) is 5.65 Å². The fraction of sp³-hybridized carbons (Fsp3) is 0.241. The van der Waals surface area contributed by atoms with E-state index in [1.807, 2.05) is 40.6 Å². The van der Waals surface area contributed by atoms with E-state index in [0.29, 0.717) is 43.1 Å². The Bertz CT molecular complexity index is 1540. The molecule has 1 amide bonds. The SMILES string of the molecule is Cc1ccc(C(=O)Nc2ccc(CN3CCOCC3)c(C(F)(F)F)c2)cc1C#Cc1cnc2ccccn12. The number of hydrogen-bond donors (Lipinski definition) is 1. The molecule has 6 nitrogen and oxygen atoms in total. The van der Waals surface area contributed by atoms with Gasteiger partial charge in [-0.15, -0.1) is 0 Å². The van der Waals surface area contributed by atoms with Crippen LogP contribution in [0.4, 0.5) is 18.9 Å². The standard InChI is InChI=1S/C29H25F3N4O2/c1-20-5-6-22(16-21(20)8-10-25-18-33-27-4-2-3-11-36(25)27)28(37)34-24-9-7-23(26(17-24)29(30,31)32)19-35-12-14-38-15-13-35/h2-7,9,11,16-18H,12-15,19H2,1H3,(H,34,37). The lowest BCUT2D eigenvalue weighted by atomic mass is 10.0. The summed E-state index contributed by atoms with van der Waals surface area (Å²) in [5.41, 5.74) is 2.76. The lowest BCUT2D eigenvalue weighted by Crippen LogP contribution is -2.36. The fourth-order valence-corrected chi connectivity index (χ4v) is 4.31. The van der Waals surface area contributed by atoms with Crippen LogP contribution < -0.4 is 5.32 Å². The molecule has 1 fully saturated rings. The minimum absolute atomic E-state index is 0.0759. The van der Waals surface area contributed by atoms with E-state index >= 15 is 0 Å². The number of amides is 1. The predicted octanol–water partition coefficient (Wildman–Crippen LogP) is 5.15. The van der Waals surface area contributed by atoms with Gasteiger partial charge >= 0.3 is 6.18 Å². The summed E-state index contributed by atoms with van der Waals surface area (Å²) < 4.78 is 48.7. The molecule has 1 saturated heterocycles. The maximum atomic E-state index is 13.9. The van der Waals surface area contributed by atoms with Gasteiger partial charge in [0.05, 0.1) is 25.0 Å². The van der Waals surface area contributed by atoms with E-state index in [1.165, 1.54) is 12.1 Å². The number of rotatable bonds is 4. The summed E-state index contributed by atoms with van der Waals surface area (Å²) in [6, 6.07) is 14.6. The molecule has 5 rings (SSSR count). The molecule has 38 heavy (non-hydrogen) atoms. The number of benzene rings is 2. The van der Waals surface area contributed by atoms with Gasteiger partial charge in [-0.25, -0.2) is 4.98 Å². The Morgan fingerprint density at radius 1 is 1.08 bits per heavy atom. The molecule has 194 valence electrons. The monoisotopic (exact) mass is 518 g/mol. The minimum atomic E-state index is -4.55. The number of anilines is 1. The summed E-state index contributed by atoms with van der Waals surface area (Å²) in [5.74, 6) is 5.66. The van der Waals surface area contributed by atoms with Crippen LogP contribution in [0.15, 0.2) is 67.0 Å². The molecule has 0 aliphatic carbocycles. The summed E-state index contributed by atoms with van der Waals surface area (Å²) >= 11 is 0. The van der Waals surface area contributed by atoms with Crippen LogP contribution in [0.3, 0.4) is 0 Å². The first-order valence-electron chi connectivity index (χ1n) is 12.1. The molecule has 1 N–H and O–H groups in total. The fourth-order valence-electron chi connectivity index (χ4n) is 4.31. The summed E-state index contributed by atoms with van der Waals surface area (Å²) in [6.07, 6.45) is -1.01. The zero-order chi connectivity index (χ0) is 26.7. The highest BCUT2D eigenvalue weighted by atomic mass is 19.4. The lowest BCUT2D eigenvalue weighted by Gasteiger charge is -2.27. The highest BCUT2D eigenvalue weighted by molar-refractivity contribution is 6.04. The molecule has 0 saturated carbocycles. The predicted molar refractivity (Wildman–Crippen MR) is 138 cm³/mol. The number of aryl methyl sites for hydroxylation is 1. The van der Waals surface area contributed by atoms with E-state index in [9.17, 15) is 18.0 Å². The van der Waals surface area contributed by atoms with Crippen molar-refractivity contribution in [1.82, 2.24) is 14.3 Å². The summed E-state index contributed by atoms with van der Waals surface area (Å²) in [5, 5.41) is 2.61. The second-order valence-corrected chi connectivity index (χ2v) is 9.06. The second-order valence-electron chi connectivity index (χ2n) is 9.06. The molecule has 2 aromatic heterocycles. The zero-order valence-electron chi connectivity index (χ0n) is 20.7. The Hall–Kier alpha value is -4.13. The van der Waals surface area contributed by atoms with Crippen molar-refractivity contribution in [3.05, 3.63) is 101 Å². The first kappa shape index (κ1) is 25.5. The number of aromatic nitrogens is 2. The quantitative estimate of drug-likeness (QED) is 0.380. The van der Waals surface area contributed by atoms with Crippen molar-refractivity contribution >= 4 is 17.2 Å². The maximum Gasteiger partial charge on any atom is 0.416 e. The van der Waals surface area contributed by atoms with Gasteiger partial charge in [0.2, 0.25) is 0 Å². The van der Waals surface area contributed by atoms with Crippen LogP contribution in [-0.4, -0.2) is 46.5 Å². The lowest BCUT2D eigenvalue weighted by molar-refractivity contribution is -0.138. The van der Waals surface area contributed by atoms with E-state index < -0.39 is 17.6 Å². The number of nitrogens with one attached hydrogen (secondary N) is 1. The molecule has 4 aromatic rings. The van der Waals surface area contributed by atoms with E-state index in [-0.39, 0.29) is 17.8 Å². The molecule has 0 bridgehead atoms. The smallest absolute Gasteiger partial charge is 0.379 e. The van der Waals surface area contributed by atoms with Gasteiger partial charge in [0.25, 0.3) is 5.91 Å². The number of hydrogen-bond acceptors (Lipinski definition) is 4. The molecule has 1 aliphatic heterocycles. The number of nitrogens with zero attached hydrogens (tertiary/aromatic N) is 3. The van der Waals surface area contributed by atoms with E-state index in [4.69, 9.17) is 4.74 Å². The molecule has 1 aliphatic rings. The molecule has 3 heterocycles. The average molecular weight is 519 g/mol. The van der Waals surface area contributed by atoms with E-state index in [2.05, 4.69) is 22.1 Å². The molecular weight excluding hydrogens is 493 g/mol. The zero-order valence-corrected chi connectivity index (χ0v) is 20.7. The molecular formula is C29H25F3N4O2. The number of pyridine rings is 1. The van der Waals surface area contributed by atoms with Crippen molar-refractivity contribution in [2.75, 3.05) is 31.6 Å². The van der Waals surface area contributed by atoms with Crippen LogP contribution in [0.5, 0.6) is 0 Å². The van der Waals surface area contributed by atoms with Crippen LogP contribution in [-0.2, 0) is 17.5 Å². The van der Waals surface area contributed by atoms with Crippen LogP contribution in [0, 0.1) is 18.8 Å². The van der Waals surface area contributed by atoms with Crippen molar-refractivity contribution in [2.24, 2.45) is 0 Å². The maximum absolute atomic E-state index is 13.9. The van der Waals surface area contributed by atoms with Gasteiger partial charge in [-0.3, -0.25) is 14.1 Å². The Labute approximate surface area is 218 Å². The number of carbonyl (C=O) groups excluding carboxylic acids is 1. The molecule has 2 aromatic carbocycles. The largest absolute Gasteiger partial charge is 0.416 e. The molecule has 9 heteroatoms. The summed E-state index contributed by atoms with van der Waals surface area (Å²) in [7, 11) is 0. The summed E-state index contributed by atoms with van der Waals surface area (Å²) in [6.45, 7) is 4.19. The average Bonchev–Trinajstić information content (AvgIpc) is 3.32. The van der Waals surface area contributed by atoms with Crippen LogP contribution in [0.1, 0.15) is 38.3 Å². The van der Waals surface area contributed by atoms with Gasteiger partial charge in [-0.05, 0) is 60.4 Å². The Balaban J connectivity index is 1.36. The minimum Gasteiger partial charge on any atom is -0.379 e. The van der Waals surface area contributed by atoms with Gasteiger partial charge in [0.1, 0.15) is 11.3 Å². The Kier molecular flexibility index (Phi) is 7.18. The van der Waals surface area contributed by atoms with Crippen LogP contribution in [0.2, 0.25) is 0 Å². The highest BCUT2D eigenvalue weighted by Gasteiger charge is 2.34. The topological polar surface area (TPSA) is 58.9 Å². The van der Waals surface area contributed by atoms with Gasteiger partial charge in [-0.2, -0.15) is 13.2 Å². The molecule has 0 spiro atoms. The number of ether oxygens (including phenoxy) is 1. The van der Waals surface area contributed by atoms with Gasteiger partial charge in [-0.1, -0.05) is 24.1 Å². The number of halogens is 3. The molecule has 0 radical (unpaired) electrons. The first-order valence-corrected chi connectivity index (χ1v) is 12.1. The number of morpholine rings is 1. The van der Waals surface area contributed by atoms with Crippen molar-refractivity contribution in [3.8, 4) is 11.8 Å². The third-order valence-electron chi connectivity index (χ3n) is 6.41. The Morgan fingerprint density at radius 2 is 1.89 bits per heavy atom. The number of alkyl halides is 3. The Morgan fingerprint density at radius 3 is 2.68 bits per heavy atom. The molecule has 0 unspecified atom stereocenters. The van der Waals surface area contributed by atoms with Crippen molar-refractivity contribution in [2.45, 2.75) is 19.6 Å². The normalized spacial score (nSPS) is 14.2. The van der Waals surface area contributed by atoms with Gasteiger partial charge in [0, 0.05) is 42.6 Å². The first-order chi connectivity index (χ1) is 18.3. The van der Waals surface area contributed by atoms with Crippen molar-refractivity contribution in [3.63, 3.8) is 0 Å². The summed E-state index contributed by atoms with van der Waals surface area (Å²) in [4.78, 5) is 19.2. The van der Waals surface area contributed by atoms with Crippen molar-refractivity contribution < 1.29 is 22.7 Å². The van der Waals surface area contributed by atoms with Crippen LogP contribution >= 0.6 is 0 Å². The van der Waals surface area contributed by atoms with Gasteiger partial charge < -0.3 is 10.1 Å². The second kappa shape index (κ2) is 10.7. The number of carbonyl (C=O) groups is 1. The van der Waals surface area contributed by atoms with Crippen molar-refractivity contribution in [1.29, 1.82) is 0 Å².